The van der Waals surface area contributed by atoms with Crippen molar-refractivity contribution in [3.63, 3.8) is 0 Å². The summed E-state index contributed by atoms with van der Waals surface area (Å²) >= 11 is 0. The number of cyclic esters (lactones) is 1. The van der Waals surface area contributed by atoms with Crippen molar-refractivity contribution in [3.8, 4) is 0 Å². The monoisotopic (exact) mass is 308 g/mol. The number of esters is 1. The third-order valence-corrected chi connectivity index (χ3v) is 3.54. The van der Waals surface area contributed by atoms with Crippen LogP contribution in [-0.2, 0) is 14.3 Å². The molecule has 2 aromatic rings. The summed E-state index contributed by atoms with van der Waals surface area (Å²) in [6, 6.07) is 16.5. The summed E-state index contributed by atoms with van der Waals surface area (Å²) in [6.45, 7) is 2.02. The van der Waals surface area contributed by atoms with Crippen molar-refractivity contribution >= 4 is 29.0 Å². The lowest BCUT2D eigenvalue weighted by Gasteiger charge is -2.09. The first kappa shape index (κ1) is 15.0. The Hall–Kier alpha value is -2.95. The maximum atomic E-state index is 12.4. The molecule has 0 spiro atoms. The van der Waals surface area contributed by atoms with E-state index in [2.05, 4.69) is 10.3 Å². The van der Waals surface area contributed by atoms with Crippen LogP contribution in [-0.4, -0.2) is 24.2 Å². The maximum Gasteiger partial charge on any atom is 0.324 e. The van der Waals surface area contributed by atoms with Gasteiger partial charge in [0.05, 0.1) is 11.4 Å². The van der Waals surface area contributed by atoms with Gasteiger partial charge in [-0.15, -0.1) is 0 Å². The molecule has 1 N–H and O–H groups in total. The summed E-state index contributed by atoms with van der Waals surface area (Å²) in [5, 5.41) is 2.72. The highest BCUT2D eigenvalue weighted by Gasteiger charge is 2.39. The molecule has 2 aromatic carbocycles. The number of hydrogen-bond donors (Lipinski definition) is 1. The number of aryl methyl sites for hydroxylation is 1. The van der Waals surface area contributed by atoms with Crippen LogP contribution in [0.1, 0.15) is 5.56 Å². The SMILES string of the molecule is Cc1ccc(N=C2COC(=O)C2C(=O)Nc2ccccc2)cc1. The number of aliphatic imine (C=N–C) groups is 1. The van der Waals surface area contributed by atoms with E-state index in [0.29, 0.717) is 17.1 Å². The highest BCUT2D eigenvalue weighted by molar-refractivity contribution is 6.25. The fourth-order valence-electron chi connectivity index (χ4n) is 2.32. The number of para-hydroxylation sites is 1. The molecule has 3 rings (SSSR count). The van der Waals surface area contributed by atoms with E-state index in [9.17, 15) is 9.59 Å². The van der Waals surface area contributed by atoms with Gasteiger partial charge in [-0.2, -0.15) is 0 Å². The van der Waals surface area contributed by atoms with Crippen LogP contribution in [0.3, 0.4) is 0 Å². The molecular formula is C18H16N2O3. The molecule has 1 fully saturated rings. The van der Waals surface area contributed by atoms with E-state index in [1.807, 2.05) is 49.4 Å². The van der Waals surface area contributed by atoms with Crippen molar-refractivity contribution in [2.45, 2.75) is 6.92 Å². The molecular weight excluding hydrogens is 292 g/mol. The van der Waals surface area contributed by atoms with Gasteiger partial charge in [0.1, 0.15) is 6.61 Å². The molecule has 0 radical (unpaired) electrons. The molecule has 1 saturated heterocycles. The van der Waals surface area contributed by atoms with Gasteiger partial charge in [0.2, 0.25) is 5.91 Å². The molecule has 1 unspecified atom stereocenters. The van der Waals surface area contributed by atoms with Gasteiger partial charge < -0.3 is 10.1 Å². The van der Waals surface area contributed by atoms with Crippen LogP contribution < -0.4 is 5.32 Å². The highest BCUT2D eigenvalue weighted by Crippen LogP contribution is 2.21. The average molecular weight is 308 g/mol. The largest absolute Gasteiger partial charge is 0.459 e. The zero-order valence-electron chi connectivity index (χ0n) is 12.7. The fraction of sp³-hybridized carbons (Fsp3) is 0.167. The van der Waals surface area contributed by atoms with Crippen molar-refractivity contribution in [3.05, 3.63) is 60.2 Å². The number of hydrogen-bond acceptors (Lipinski definition) is 4. The fourth-order valence-corrected chi connectivity index (χ4v) is 2.32. The minimum atomic E-state index is -1.00. The lowest BCUT2D eigenvalue weighted by molar-refractivity contribution is -0.143. The Morgan fingerprint density at radius 3 is 2.52 bits per heavy atom. The molecule has 1 atom stereocenters. The molecule has 5 heteroatoms. The summed E-state index contributed by atoms with van der Waals surface area (Å²) < 4.78 is 5.00. The van der Waals surface area contributed by atoms with Gasteiger partial charge >= 0.3 is 5.97 Å². The zero-order chi connectivity index (χ0) is 16.2. The number of carbonyl (C=O) groups excluding carboxylic acids is 2. The van der Waals surface area contributed by atoms with E-state index in [0.717, 1.165) is 5.56 Å². The summed E-state index contributed by atoms with van der Waals surface area (Å²) in [4.78, 5) is 28.7. The van der Waals surface area contributed by atoms with Crippen molar-refractivity contribution in [1.29, 1.82) is 0 Å². The van der Waals surface area contributed by atoms with E-state index in [1.165, 1.54) is 0 Å². The van der Waals surface area contributed by atoms with Crippen molar-refractivity contribution in [2.24, 2.45) is 10.9 Å². The minimum Gasteiger partial charge on any atom is -0.459 e. The molecule has 1 aliphatic heterocycles. The van der Waals surface area contributed by atoms with E-state index >= 15 is 0 Å². The quantitative estimate of drug-likeness (QED) is 0.700. The van der Waals surface area contributed by atoms with Crippen LogP contribution in [0, 0.1) is 12.8 Å². The van der Waals surface area contributed by atoms with Gasteiger partial charge in [0, 0.05) is 5.69 Å². The number of benzene rings is 2. The van der Waals surface area contributed by atoms with Crippen LogP contribution in [0.5, 0.6) is 0 Å². The first-order chi connectivity index (χ1) is 11.1. The second-order valence-electron chi connectivity index (χ2n) is 5.33. The molecule has 0 aromatic heterocycles. The van der Waals surface area contributed by atoms with Gasteiger partial charge in [-0.3, -0.25) is 14.6 Å². The summed E-state index contributed by atoms with van der Waals surface area (Å²) in [5.74, 6) is -2.00. The van der Waals surface area contributed by atoms with Gasteiger partial charge in [0.15, 0.2) is 5.92 Å². The predicted molar refractivity (Wildman–Crippen MR) is 87.8 cm³/mol. The third-order valence-electron chi connectivity index (χ3n) is 3.54. The van der Waals surface area contributed by atoms with Crippen LogP contribution in [0.15, 0.2) is 59.6 Å². The lowest BCUT2D eigenvalue weighted by Crippen LogP contribution is -2.31. The Balaban J connectivity index is 1.82. The number of anilines is 1. The second-order valence-corrected chi connectivity index (χ2v) is 5.33. The molecule has 0 saturated carbocycles. The first-order valence-corrected chi connectivity index (χ1v) is 7.30. The number of amides is 1. The Morgan fingerprint density at radius 1 is 1.13 bits per heavy atom. The van der Waals surface area contributed by atoms with E-state index < -0.39 is 17.8 Å². The van der Waals surface area contributed by atoms with Gasteiger partial charge in [-0.25, -0.2) is 0 Å². The van der Waals surface area contributed by atoms with Crippen molar-refractivity contribution in [2.75, 3.05) is 11.9 Å². The number of nitrogens with zero attached hydrogens (tertiary/aromatic N) is 1. The van der Waals surface area contributed by atoms with Crippen LogP contribution >= 0.6 is 0 Å². The number of ether oxygens (including phenoxy) is 1. The third kappa shape index (κ3) is 3.45. The van der Waals surface area contributed by atoms with Crippen LogP contribution in [0.4, 0.5) is 11.4 Å². The molecule has 1 heterocycles. The Kier molecular flexibility index (Phi) is 4.19. The summed E-state index contributed by atoms with van der Waals surface area (Å²) in [5.41, 5.74) is 2.87. The molecule has 116 valence electrons. The topological polar surface area (TPSA) is 67.8 Å². The van der Waals surface area contributed by atoms with E-state index in [-0.39, 0.29) is 6.61 Å². The maximum absolute atomic E-state index is 12.4. The van der Waals surface area contributed by atoms with Crippen LogP contribution in [0.25, 0.3) is 0 Å². The summed E-state index contributed by atoms with van der Waals surface area (Å²) in [7, 11) is 0. The Bertz CT molecular complexity index is 752. The normalized spacial score (nSPS) is 18.7. The van der Waals surface area contributed by atoms with Crippen molar-refractivity contribution in [1.82, 2.24) is 0 Å². The molecule has 1 aliphatic rings. The highest BCUT2D eigenvalue weighted by atomic mass is 16.5. The van der Waals surface area contributed by atoms with Crippen molar-refractivity contribution < 1.29 is 14.3 Å². The summed E-state index contributed by atoms with van der Waals surface area (Å²) in [6.07, 6.45) is 0. The second kappa shape index (κ2) is 6.44. The Labute approximate surface area is 134 Å². The molecule has 0 bridgehead atoms. The van der Waals surface area contributed by atoms with E-state index in [1.54, 1.807) is 12.1 Å². The average Bonchev–Trinajstić information content (AvgIpc) is 2.91. The van der Waals surface area contributed by atoms with E-state index in [4.69, 9.17) is 4.74 Å². The molecule has 5 nitrogen and oxygen atoms in total. The number of rotatable bonds is 3. The predicted octanol–water partition coefficient (Wildman–Crippen LogP) is 2.88. The smallest absolute Gasteiger partial charge is 0.324 e. The zero-order valence-corrected chi connectivity index (χ0v) is 12.7. The van der Waals surface area contributed by atoms with Gasteiger partial charge in [0.25, 0.3) is 0 Å². The van der Waals surface area contributed by atoms with Gasteiger partial charge in [-0.05, 0) is 31.2 Å². The Morgan fingerprint density at radius 2 is 1.83 bits per heavy atom. The first-order valence-electron chi connectivity index (χ1n) is 7.30. The molecule has 23 heavy (non-hydrogen) atoms. The van der Waals surface area contributed by atoms with Gasteiger partial charge in [-0.1, -0.05) is 35.9 Å². The number of carbonyl (C=O) groups is 2. The standard InChI is InChI=1S/C18H16N2O3/c1-12-7-9-14(10-8-12)19-15-11-23-18(22)16(15)17(21)20-13-5-3-2-4-6-13/h2-10,16H,11H2,1H3,(H,20,21). The minimum absolute atomic E-state index is 0.0413. The number of nitrogens with one attached hydrogen (secondary N) is 1. The molecule has 1 amide bonds. The van der Waals surface area contributed by atoms with Crippen LogP contribution in [0.2, 0.25) is 0 Å². The molecule has 0 aliphatic carbocycles. The lowest BCUT2D eigenvalue weighted by atomic mass is 10.0.